The highest BCUT2D eigenvalue weighted by Crippen LogP contribution is 2.28. The standard InChI is InChI=1S/C28H32F2N4O5/c1-17-19(14-31-15-22(17)37-16-21-20(29)9-8-11-32-21)13-18-10-12-33-24(23(18)30)34(25(35)38-27(2,3)4)26(36)39-28(5,6)7/h8-12,14-15H,13,16H2,1-7H3. The first-order valence-corrected chi connectivity index (χ1v) is 12.2. The second kappa shape index (κ2) is 11.7. The molecule has 9 nitrogen and oxygen atoms in total. The SMILES string of the molecule is Cc1c(Cc2ccnc(N(C(=O)OC(C)(C)C)C(=O)OC(C)(C)C)c2F)cncc1OCc1ncccc1F. The zero-order valence-corrected chi connectivity index (χ0v) is 23.0. The maximum atomic E-state index is 15.8. The van der Waals surface area contributed by atoms with Gasteiger partial charge >= 0.3 is 12.2 Å². The molecule has 11 heteroatoms. The van der Waals surface area contributed by atoms with Gasteiger partial charge in [-0.25, -0.2) is 23.4 Å². The highest BCUT2D eigenvalue weighted by molar-refractivity contribution is 6.08. The van der Waals surface area contributed by atoms with Crippen LogP contribution in [-0.4, -0.2) is 38.3 Å². The minimum Gasteiger partial charge on any atom is -0.485 e. The van der Waals surface area contributed by atoms with Crippen LogP contribution in [0, 0.1) is 18.6 Å². The lowest BCUT2D eigenvalue weighted by Crippen LogP contribution is -2.44. The van der Waals surface area contributed by atoms with E-state index in [-0.39, 0.29) is 24.3 Å². The van der Waals surface area contributed by atoms with Gasteiger partial charge in [0, 0.05) is 25.0 Å². The molecule has 0 fully saturated rings. The zero-order chi connectivity index (χ0) is 29.0. The van der Waals surface area contributed by atoms with Gasteiger partial charge in [-0.2, -0.15) is 4.90 Å². The molecule has 3 aromatic rings. The molecule has 0 aliphatic rings. The average Bonchev–Trinajstić information content (AvgIpc) is 2.80. The van der Waals surface area contributed by atoms with Crippen molar-refractivity contribution in [3.8, 4) is 5.75 Å². The maximum Gasteiger partial charge on any atom is 0.425 e. The van der Waals surface area contributed by atoms with Crippen LogP contribution in [0.5, 0.6) is 5.75 Å². The second-order valence-corrected chi connectivity index (χ2v) is 10.7. The molecule has 0 spiro atoms. The molecule has 0 aromatic carbocycles. The fraction of sp³-hybridized carbons (Fsp3) is 0.393. The van der Waals surface area contributed by atoms with Gasteiger partial charge in [0.2, 0.25) is 0 Å². The van der Waals surface area contributed by atoms with Crippen LogP contribution in [0.2, 0.25) is 0 Å². The van der Waals surface area contributed by atoms with E-state index in [1.807, 2.05) is 0 Å². The van der Waals surface area contributed by atoms with Gasteiger partial charge in [0.05, 0.1) is 6.20 Å². The van der Waals surface area contributed by atoms with Crippen LogP contribution in [0.15, 0.2) is 43.0 Å². The summed E-state index contributed by atoms with van der Waals surface area (Å²) in [5, 5.41) is 0. The Morgan fingerprint density at radius 3 is 2.13 bits per heavy atom. The van der Waals surface area contributed by atoms with Crippen LogP contribution in [-0.2, 0) is 22.5 Å². The summed E-state index contributed by atoms with van der Waals surface area (Å²) in [5.41, 5.74) is -0.410. The number of ether oxygens (including phenoxy) is 3. The second-order valence-electron chi connectivity index (χ2n) is 10.7. The number of hydrogen-bond acceptors (Lipinski definition) is 8. The highest BCUT2D eigenvalue weighted by Gasteiger charge is 2.36. The van der Waals surface area contributed by atoms with Crippen LogP contribution in [0.1, 0.15) is 63.9 Å². The molecule has 3 aromatic heterocycles. The van der Waals surface area contributed by atoms with Crippen molar-refractivity contribution in [2.75, 3.05) is 4.90 Å². The molecule has 0 aliphatic carbocycles. The van der Waals surface area contributed by atoms with Crippen molar-refractivity contribution < 1.29 is 32.6 Å². The van der Waals surface area contributed by atoms with E-state index in [0.29, 0.717) is 21.8 Å². The lowest BCUT2D eigenvalue weighted by molar-refractivity contribution is 0.0427. The lowest BCUT2D eigenvalue weighted by Gasteiger charge is -2.28. The molecule has 0 bridgehead atoms. The number of pyridine rings is 3. The Labute approximate surface area is 226 Å². The first-order chi connectivity index (χ1) is 18.2. The molecule has 0 aliphatic heterocycles. The maximum absolute atomic E-state index is 15.8. The van der Waals surface area contributed by atoms with Crippen molar-refractivity contribution in [1.82, 2.24) is 15.0 Å². The van der Waals surface area contributed by atoms with Gasteiger partial charge < -0.3 is 14.2 Å². The van der Waals surface area contributed by atoms with Crippen molar-refractivity contribution in [2.24, 2.45) is 0 Å². The van der Waals surface area contributed by atoms with E-state index in [0.717, 1.165) is 0 Å². The largest absolute Gasteiger partial charge is 0.485 e. The van der Waals surface area contributed by atoms with E-state index < -0.39 is 40.8 Å². The number of rotatable bonds is 6. The summed E-state index contributed by atoms with van der Waals surface area (Å²) in [6.45, 7) is 11.3. The third kappa shape index (κ3) is 7.92. The van der Waals surface area contributed by atoms with Crippen molar-refractivity contribution in [2.45, 2.75) is 72.7 Å². The summed E-state index contributed by atoms with van der Waals surface area (Å²) in [4.78, 5) is 38.5. The van der Waals surface area contributed by atoms with E-state index in [1.165, 1.54) is 36.8 Å². The van der Waals surface area contributed by atoms with E-state index in [9.17, 15) is 14.0 Å². The normalized spacial score (nSPS) is 11.6. The molecule has 2 amide bonds. The van der Waals surface area contributed by atoms with Crippen LogP contribution in [0.3, 0.4) is 0 Å². The predicted octanol–water partition coefficient (Wildman–Crippen LogP) is 6.30. The molecule has 0 saturated heterocycles. The topological polar surface area (TPSA) is 104 Å². The number of hydrogen-bond donors (Lipinski definition) is 0. The van der Waals surface area contributed by atoms with Crippen molar-refractivity contribution in [3.05, 3.63) is 77.0 Å². The number of anilines is 1. The number of halogens is 2. The molecular formula is C28H32F2N4O5. The Hall–Kier alpha value is -4.15. The number of carbonyl (C=O) groups excluding carboxylic acids is 2. The Kier molecular flexibility index (Phi) is 8.83. The number of nitrogens with zero attached hydrogens (tertiary/aromatic N) is 4. The van der Waals surface area contributed by atoms with Crippen LogP contribution in [0.4, 0.5) is 24.2 Å². The molecular weight excluding hydrogens is 510 g/mol. The van der Waals surface area contributed by atoms with Crippen molar-refractivity contribution >= 4 is 18.0 Å². The van der Waals surface area contributed by atoms with Crippen LogP contribution < -0.4 is 9.64 Å². The van der Waals surface area contributed by atoms with Crippen molar-refractivity contribution in [1.29, 1.82) is 0 Å². The van der Waals surface area contributed by atoms with E-state index >= 15 is 4.39 Å². The summed E-state index contributed by atoms with van der Waals surface area (Å²) in [6, 6.07) is 4.20. The van der Waals surface area contributed by atoms with Crippen LogP contribution >= 0.6 is 0 Å². The summed E-state index contributed by atoms with van der Waals surface area (Å²) in [6.07, 6.45) is 3.54. The molecule has 3 heterocycles. The number of imide groups is 1. The third-order valence-corrected chi connectivity index (χ3v) is 5.17. The molecule has 208 valence electrons. The van der Waals surface area contributed by atoms with Gasteiger partial charge in [-0.1, -0.05) is 0 Å². The zero-order valence-electron chi connectivity index (χ0n) is 23.0. The highest BCUT2D eigenvalue weighted by atomic mass is 19.1. The molecule has 0 unspecified atom stereocenters. The molecule has 0 saturated carbocycles. The third-order valence-electron chi connectivity index (χ3n) is 5.17. The van der Waals surface area contributed by atoms with Crippen LogP contribution in [0.25, 0.3) is 0 Å². The minimum atomic E-state index is -1.13. The van der Waals surface area contributed by atoms with Gasteiger partial charge in [-0.15, -0.1) is 0 Å². The summed E-state index contributed by atoms with van der Waals surface area (Å²) in [5.74, 6) is -1.59. The van der Waals surface area contributed by atoms with Gasteiger partial charge in [-0.3, -0.25) is 9.97 Å². The van der Waals surface area contributed by atoms with E-state index in [4.69, 9.17) is 14.2 Å². The van der Waals surface area contributed by atoms with Gasteiger partial charge in [0.1, 0.15) is 35.1 Å². The number of carbonyl (C=O) groups is 2. The summed E-state index contributed by atoms with van der Waals surface area (Å²) < 4.78 is 46.1. The smallest absolute Gasteiger partial charge is 0.425 e. The molecule has 0 radical (unpaired) electrons. The van der Waals surface area contributed by atoms with Crippen molar-refractivity contribution in [3.63, 3.8) is 0 Å². The lowest BCUT2D eigenvalue weighted by atomic mass is 10.0. The fourth-order valence-electron chi connectivity index (χ4n) is 3.37. The Morgan fingerprint density at radius 2 is 1.54 bits per heavy atom. The Bertz CT molecular complexity index is 1320. The number of aromatic nitrogens is 3. The van der Waals surface area contributed by atoms with E-state index in [2.05, 4.69) is 15.0 Å². The Balaban J connectivity index is 1.92. The van der Waals surface area contributed by atoms with E-state index in [1.54, 1.807) is 54.7 Å². The van der Waals surface area contributed by atoms with Gasteiger partial charge in [-0.05, 0) is 83.4 Å². The summed E-state index contributed by atoms with van der Waals surface area (Å²) >= 11 is 0. The Morgan fingerprint density at radius 1 is 0.897 bits per heavy atom. The quantitative estimate of drug-likeness (QED) is 0.357. The predicted molar refractivity (Wildman–Crippen MR) is 139 cm³/mol. The summed E-state index contributed by atoms with van der Waals surface area (Å²) in [7, 11) is 0. The van der Waals surface area contributed by atoms with Gasteiger partial charge in [0.15, 0.2) is 11.6 Å². The average molecular weight is 543 g/mol. The monoisotopic (exact) mass is 542 g/mol. The molecule has 0 atom stereocenters. The first-order valence-electron chi connectivity index (χ1n) is 12.2. The minimum absolute atomic E-state index is 0.0335. The first kappa shape index (κ1) is 29.4. The molecule has 3 rings (SSSR count). The molecule has 39 heavy (non-hydrogen) atoms. The molecule has 0 N–H and O–H groups in total. The number of amides is 2. The van der Waals surface area contributed by atoms with Gasteiger partial charge in [0.25, 0.3) is 0 Å². The fourth-order valence-corrected chi connectivity index (χ4v) is 3.37.